The summed E-state index contributed by atoms with van der Waals surface area (Å²) >= 11 is 4.66. The van der Waals surface area contributed by atoms with Crippen molar-refractivity contribution in [3.05, 3.63) is 40.3 Å². The van der Waals surface area contributed by atoms with Crippen molar-refractivity contribution in [2.24, 2.45) is 0 Å². The molecule has 6 heteroatoms. The molecule has 1 aromatic heterocycles. The van der Waals surface area contributed by atoms with Crippen molar-refractivity contribution < 1.29 is 9.53 Å². The molecule has 2 rings (SSSR count). The number of amides is 1. The third-order valence-electron chi connectivity index (χ3n) is 2.06. The Bertz CT molecular complexity index is 516. The van der Waals surface area contributed by atoms with Gasteiger partial charge in [0.2, 0.25) is 5.91 Å². The van der Waals surface area contributed by atoms with E-state index >= 15 is 0 Å². The molecule has 0 aliphatic heterocycles. The van der Waals surface area contributed by atoms with E-state index in [2.05, 4.69) is 26.2 Å². The van der Waals surface area contributed by atoms with E-state index in [1.54, 1.807) is 6.20 Å². The van der Waals surface area contributed by atoms with Crippen LogP contribution in [0.4, 0.5) is 5.13 Å². The van der Waals surface area contributed by atoms with E-state index in [1.165, 1.54) is 11.3 Å². The van der Waals surface area contributed by atoms with E-state index in [0.29, 0.717) is 18.2 Å². The Morgan fingerprint density at radius 3 is 2.83 bits per heavy atom. The van der Waals surface area contributed by atoms with Crippen LogP contribution in [0.25, 0.3) is 0 Å². The van der Waals surface area contributed by atoms with Crippen molar-refractivity contribution in [2.75, 3.05) is 11.9 Å². The first-order valence-corrected chi connectivity index (χ1v) is 6.94. The first kappa shape index (κ1) is 13.0. The van der Waals surface area contributed by atoms with Crippen LogP contribution in [-0.2, 0) is 4.79 Å². The van der Waals surface area contributed by atoms with Gasteiger partial charge >= 0.3 is 0 Å². The molecule has 0 aliphatic rings. The topological polar surface area (TPSA) is 51.2 Å². The van der Waals surface area contributed by atoms with Crippen LogP contribution >= 0.6 is 27.3 Å². The Hall–Kier alpha value is -1.40. The first-order valence-electron chi connectivity index (χ1n) is 5.33. The first-order chi connectivity index (χ1) is 8.74. The molecule has 1 aromatic carbocycles. The number of ether oxygens (including phenoxy) is 1. The van der Waals surface area contributed by atoms with Gasteiger partial charge in [0.15, 0.2) is 5.13 Å². The molecule has 0 unspecified atom stereocenters. The van der Waals surface area contributed by atoms with E-state index < -0.39 is 0 Å². The maximum Gasteiger partial charge on any atom is 0.229 e. The number of hydrogen-bond donors (Lipinski definition) is 1. The van der Waals surface area contributed by atoms with Gasteiger partial charge in [0.1, 0.15) is 5.75 Å². The second kappa shape index (κ2) is 6.51. The van der Waals surface area contributed by atoms with Gasteiger partial charge in [-0.05, 0) is 28.1 Å². The van der Waals surface area contributed by atoms with E-state index in [9.17, 15) is 4.79 Å². The molecule has 0 saturated heterocycles. The van der Waals surface area contributed by atoms with Crippen molar-refractivity contribution in [1.29, 1.82) is 0 Å². The lowest BCUT2D eigenvalue weighted by molar-refractivity contribution is -0.116. The minimum atomic E-state index is -0.104. The van der Waals surface area contributed by atoms with Gasteiger partial charge in [-0.15, -0.1) is 0 Å². The molecule has 0 radical (unpaired) electrons. The summed E-state index contributed by atoms with van der Waals surface area (Å²) in [6.45, 7) is 0.350. The smallest absolute Gasteiger partial charge is 0.229 e. The molecule has 1 amide bonds. The average molecular weight is 327 g/mol. The third-order valence-corrected chi connectivity index (χ3v) is 3.46. The van der Waals surface area contributed by atoms with Gasteiger partial charge in [-0.3, -0.25) is 4.79 Å². The number of nitrogens with one attached hydrogen (secondary N) is 1. The van der Waals surface area contributed by atoms with Gasteiger partial charge in [0.25, 0.3) is 0 Å². The molecule has 0 aliphatic carbocycles. The Labute approximate surface area is 117 Å². The highest BCUT2D eigenvalue weighted by Gasteiger charge is 2.05. The number of hydrogen-bond acceptors (Lipinski definition) is 4. The number of para-hydroxylation sites is 1. The molecule has 0 saturated carbocycles. The summed E-state index contributed by atoms with van der Waals surface area (Å²) in [5.41, 5.74) is 0. The van der Waals surface area contributed by atoms with Crippen molar-refractivity contribution in [2.45, 2.75) is 6.42 Å². The van der Waals surface area contributed by atoms with Gasteiger partial charge in [-0.2, -0.15) is 0 Å². The number of thiazole rings is 1. The maximum absolute atomic E-state index is 11.6. The molecule has 18 heavy (non-hydrogen) atoms. The molecule has 0 spiro atoms. The molecular formula is C12H11BrN2O2S. The Balaban J connectivity index is 1.72. The number of carbonyl (C=O) groups excluding carboxylic acids is 1. The molecule has 0 bridgehead atoms. The molecular weight excluding hydrogens is 316 g/mol. The summed E-state index contributed by atoms with van der Waals surface area (Å²) in [6.07, 6.45) is 1.95. The van der Waals surface area contributed by atoms with Crippen molar-refractivity contribution in [3.63, 3.8) is 0 Å². The van der Waals surface area contributed by atoms with Gasteiger partial charge in [0.05, 0.1) is 23.0 Å². The minimum absolute atomic E-state index is 0.104. The molecule has 1 heterocycles. The molecule has 0 fully saturated rings. The summed E-state index contributed by atoms with van der Waals surface area (Å²) in [6, 6.07) is 9.41. The van der Waals surface area contributed by atoms with Crippen LogP contribution in [0.1, 0.15) is 6.42 Å². The van der Waals surface area contributed by atoms with Crippen LogP contribution in [0.2, 0.25) is 0 Å². The standard InChI is InChI=1S/C12H11BrN2O2S/c13-10-8-14-12(18-10)15-11(16)6-7-17-9-4-2-1-3-5-9/h1-5,8H,6-7H2,(H,14,15,16). The largest absolute Gasteiger partial charge is 0.493 e. The molecule has 0 atom stereocenters. The SMILES string of the molecule is O=C(CCOc1ccccc1)Nc1ncc(Br)s1. The monoisotopic (exact) mass is 326 g/mol. The highest BCUT2D eigenvalue weighted by molar-refractivity contribution is 9.11. The van der Waals surface area contributed by atoms with Gasteiger partial charge in [-0.1, -0.05) is 29.5 Å². The number of nitrogens with zero attached hydrogens (tertiary/aromatic N) is 1. The predicted octanol–water partition coefficient (Wildman–Crippen LogP) is 3.31. The average Bonchev–Trinajstić information content (AvgIpc) is 2.76. The van der Waals surface area contributed by atoms with E-state index in [0.717, 1.165) is 9.54 Å². The molecule has 1 N–H and O–H groups in total. The van der Waals surface area contributed by atoms with Crippen LogP contribution in [-0.4, -0.2) is 17.5 Å². The van der Waals surface area contributed by atoms with Crippen LogP contribution in [0, 0.1) is 0 Å². The van der Waals surface area contributed by atoms with E-state index in [4.69, 9.17) is 4.74 Å². The quantitative estimate of drug-likeness (QED) is 0.917. The van der Waals surface area contributed by atoms with Crippen molar-refractivity contribution >= 4 is 38.3 Å². The van der Waals surface area contributed by atoms with Crippen LogP contribution in [0.15, 0.2) is 40.3 Å². The second-order valence-corrected chi connectivity index (χ2v) is 5.84. The summed E-state index contributed by atoms with van der Waals surface area (Å²) < 4.78 is 6.32. The maximum atomic E-state index is 11.6. The number of benzene rings is 1. The summed E-state index contributed by atoms with van der Waals surface area (Å²) in [5.74, 6) is 0.662. The summed E-state index contributed by atoms with van der Waals surface area (Å²) in [7, 11) is 0. The van der Waals surface area contributed by atoms with E-state index in [1.807, 2.05) is 30.3 Å². The number of carbonyl (C=O) groups is 1. The van der Waals surface area contributed by atoms with Crippen LogP contribution in [0.5, 0.6) is 5.75 Å². The van der Waals surface area contributed by atoms with Crippen LogP contribution in [0.3, 0.4) is 0 Å². The zero-order chi connectivity index (χ0) is 12.8. The lowest BCUT2D eigenvalue weighted by atomic mass is 10.3. The minimum Gasteiger partial charge on any atom is -0.493 e. The van der Waals surface area contributed by atoms with E-state index in [-0.39, 0.29) is 5.91 Å². The predicted molar refractivity (Wildman–Crippen MR) is 75.0 cm³/mol. The Kier molecular flexibility index (Phi) is 4.72. The van der Waals surface area contributed by atoms with Gasteiger partial charge in [0, 0.05) is 0 Å². The van der Waals surface area contributed by atoms with Gasteiger partial charge in [-0.25, -0.2) is 4.98 Å². The fourth-order valence-corrected chi connectivity index (χ4v) is 2.40. The highest BCUT2D eigenvalue weighted by atomic mass is 79.9. The number of anilines is 1. The highest BCUT2D eigenvalue weighted by Crippen LogP contribution is 2.23. The summed E-state index contributed by atoms with van der Waals surface area (Å²) in [5, 5.41) is 3.30. The Morgan fingerprint density at radius 2 is 2.17 bits per heavy atom. The third kappa shape index (κ3) is 4.12. The zero-order valence-corrected chi connectivity index (χ0v) is 11.8. The summed E-state index contributed by atoms with van der Waals surface area (Å²) in [4.78, 5) is 15.6. The second-order valence-electron chi connectivity index (χ2n) is 3.43. The lowest BCUT2D eigenvalue weighted by Gasteiger charge is -2.05. The fraction of sp³-hybridized carbons (Fsp3) is 0.167. The normalized spacial score (nSPS) is 10.1. The van der Waals surface area contributed by atoms with Gasteiger partial charge < -0.3 is 10.1 Å². The fourth-order valence-electron chi connectivity index (χ4n) is 1.27. The molecule has 4 nitrogen and oxygen atoms in total. The Morgan fingerprint density at radius 1 is 1.39 bits per heavy atom. The molecule has 2 aromatic rings. The lowest BCUT2D eigenvalue weighted by Crippen LogP contribution is -2.14. The zero-order valence-electron chi connectivity index (χ0n) is 9.43. The van der Waals surface area contributed by atoms with Crippen molar-refractivity contribution in [1.82, 2.24) is 4.98 Å². The van der Waals surface area contributed by atoms with Crippen LogP contribution < -0.4 is 10.1 Å². The van der Waals surface area contributed by atoms with Crippen molar-refractivity contribution in [3.8, 4) is 5.75 Å². The molecule has 94 valence electrons. The number of rotatable bonds is 5. The number of aromatic nitrogens is 1. The number of halogens is 1.